The molecule has 2 N–H and O–H groups in total. The quantitative estimate of drug-likeness (QED) is 0.871. The van der Waals surface area contributed by atoms with Crippen molar-refractivity contribution in [3.05, 3.63) is 35.4 Å². The molecule has 0 spiro atoms. The molecule has 0 heterocycles. The Morgan fingerprint density at radius 3 is 2.84 bits per heavy atom. The van der Waals surface area contributed by atoms with Gasteiger partial charge in [0.05, 0.1) is 6.10 Å². The van der Waals surface area contributed by atoms with Gasteiger partial charge in [0.1, 0.15) is 0 Å². The van der Waals surface area contributed by atoms with Crippen LogP contribution in [0, 0.1) is 5.92 Å². The molecular weight excluding hydrogens is 234 g/mol. The second kappa shape index (κ2) is 6.06. The lowest BCUT2D eigenvalue weighted by molar-refractivity contribution is 0.177. The maximum absolute atomic E-state index is 9.55. The molecule has 3 unspecified atom stereocenters. The molecule has 3 atom stereocenters. The third-order valence-corrected chi connectivity index (χ3v) is 4.83. The highest BCUT2D eigenvalue weighted by Crippen LogP contribution is 2.31. The molecule has 0 bridgehead atoms. The fraction of sp³-hybridized carbons (Fsp3) is 0.647. The average Bonchev–Trinajstić information content (AvgIpc) is 2.85. The molecule has 19 heavy (non-hydrogen) atoms. The predicted octanol–water partition coefficient (Wildman–Crippen LogP) is 2.86. The summed E-state index contributed by atoms with van der Waals surface area (Å²) in [5.74, 6) is 1.38. The minimum Gasteiger partial charge on any atom is -0.393 e. The molecule has 1 fully saturated rings. The van der Waals surface area contributed by atoms with E-state index in [9.17, 15) is 5.11 Å². The number of aryl methyl sites for hydroxylation is 1. The van der Waals surface area contributed by atoms with E-state index >= 15 is 0 Å². The largest absolute Gasteiger partial charge is 0.393 e. The Bertz CT molecular complexity index is 417. The minimum absolute atomic E-state index is 0.0396. The fourth-order valence-corrected chi connectivity index (χ4v) is 3.76. The molecule has 2 aliphatic rings. The van der Waals surface area contributed by atoms with Gasteiger partial charge in [0.25, 0.3) is 0 Å². The van der Waals surface area contributed by atoms with Crippen molar-refractivity contribution in [2.45, 2.75) is 50.5 Å². The number of hydrogen-bond acceptors (Lipinski definition) is 2. The van der Waals surface area contributed by atoms with Crippen LogP contribution in [0.4, 0.5) is 0 Å². The number of hydrogen-bond donors (Lipinski definition) is 2. The summed E-state index contributed by atoms with van der Waals surface area (Å²) in [4.78, 5) is 0. The molecule has 2 nitrogen and oxygen atoms in total. The van der Waals surface area contributed by atoms with E-state index in [2.05, 4.69) is 29.6 Å². The predicted molar refractivity (Wildman–Crippen MR) is 78.3 cm³/mol. The summed E-state index contributed by atoms with van der Waals surface area (Å²) in [6.45, 7) is 2.18. The van der Waals surface area contributed by atoms with Crippen LogP contribution >= 0.6 is 0 Å². The first-order valence-corrected chi connectivity index (χ1v) is 7.79. The summed E-state index contributed by atoms with van der Waals surface area (Å²) in [5, 5.41) is 13.2. The molecular formula is C17H25NO. The number of benzene rings is 1. The van der Waals surface area contributed by atoms with Crippen molar-refractivity contribution in [1.82, 2.24) is 5.32 Å². The molecule has 1 aromatic carbocycles. The van der Waals surface area contributed by atoms with Crippen LogP contribution in [0.1, 0.15) is 49.1 Å². The van der Waals surface area contributed by atoms with Gasteiger partial charge in [-0.1, -0.05) is 24.3 Å². The summed E-state index contributed by atoms with van der Waals surface area (Å²) in [6, 6.07) is 8.92. The SMILES string of the molecule is OC1CCC(CNCC2CCCc3ccccc32)C1. The van der Waals surface area contributed by atoms with Crippen LogP contribution in [-0.2, 0) is 6.42 Å². The zero-order chi connectivity index (χ0) is 13.1. The Morgan fingerprint density at radius 1 is 1.11 bits per heavy atom. The van der Waals surface area contributed by atoms with Crippen LogP contribution < -0.4 is 5.32 Å². The number of aliphatic hydroxyl groups excluding tert-OH is 1. The topological polar surface area (TPSA) is 32.3 Å². The number of nitrogens with one attached hydrogen (secondary N) is 1. The highest BCUT2D eigenvalue weighted by molar-refractivity contribution is 5.32. The Hall–Kier alpha value is -0.860. The van der Waals surface area contributed by atoms with E-state index in [0.29, 0.717) is 11.8 Å². The Kier molecular flexibility index (Phi) is 4.19. The number of rotatable bonds is 4. The molecule has 0 aliphatic heterocycles. The van der Waals surface area contributed by atoms with E-state index < -0.39 is 0 Å². The highest BCUT2D eigenvalue weighted by Gasteiger charge is 2.23. The van der Waals surface area contributed by atoms with E-state index in [0.717, 1.165) is 25.9 Å². The van der Waals surface area contributed by atoms with Crippen LogP contribution in [0.3, 0.4) is 0 Å². The van der Waals surface area contributed by atoms with Gasteiger partial charge in [0, 0.05) is 6.54 Å². The lowest BCUT2D eigenvalue weighted by Gasteiger charge is -2.26. The van der Waals surface area contributed by atoms with E-state index in [4.69, 9.17) is 0 Å². The monoisotopic (exact) mass is 259 g/mol. The molecule has 3 rings (SSSR count). The van der Waals surface area contributed by atoms with Crippen molar-refractivity contribution in [2.24, 2.45) is 5.92 Å². The Morgan fingerprint density at radius 2 is 2.00 bits per heavy atom. The van der Waals surface area contributed by atoms with Crippen molar-refractivity contribution in [3.8, 4) is 0 Å². The molecule has 0 aromatic heterocycles. The molecule has 2 aliphatic carbocycles. The second-order valence-electron chi connectivity index (χ2n) is 6.28. The summed E-state index contributed by atoms with van der Waals surface area (Å²) in [5.41, 5.74) is 3.12. The molecule has 0 saturated heterocycles. The van der Waals surface area contributed by atoms with Crippen molar-refractivity contribution in [2.75, 3.05) is 13.1 Å². The summed E-state index contributed by atoms with van der Waals surface area (Å²) >= 11 is 0. The van der Waals surface area contributed by atoms with Gasteiger partial charge in [-0.15, -0.1) is 0 Å². The molecule has 1 aromatic rings. The Balaban J connectivity index is 1.51. The van der Waals surface area contributed by atoms with Gasteiger partial charge in [0.2, 0.25) is 0 Å². The average molecular weight is 259 g/mol. The van der Waals surface area contributed by atoms with Gasteiger partial charge in [-0.05, 0) is 68.0 Å². The van der Waals surface area contributed by atoms with E-state index in [1.807, 2.05) is 0 Å². The van der Waals surface area contributed by atoms with Gasteiger partial charge in [-0.25, -0.2) is 0 Å². The standard InChI is InChI=1S/C17H25NO/c19-16-9-8-13(10-16)11-18-12-15-6-3-5-14-4-1-2-7-17(14)15/h1-2,4,7,13,15-16,18-19H,3,5-6,8-12H2. The first-order valence-electron chi connectivity index (χ1n) is 7.79. The number of aliphatic hydroxyl groups is 1. The Labute approximate surface area is 116 Å². The van der Waals surface area contributed by atoms with E-state index in [1.54, 1.807) is 11.1 Å². The molecule has 0 radical (unpaired) electrons. The molecule has 1 saturated carbocycles. The first kappa shape index (κ1) is 13.1. The fourth-order valence-electron chi connectivity index (χ4n) is 3.76. The molecule has 2 heteroatoms. The number of fused-ring (bicyclic) bond motifs is 1. The maximum Gasteiger partial charge on any atom is 0.0543 e. The van der Waals surface area contributed by atoms with Crippen molar-refractivity contribution >= 4 is 0 Å². The third kappa shape index (κ3) is 3.18. The van der Waals surface area contributed by atoms with Gasteiger partial charge in [-0.3, -0.25) is 0 Å². The van der Waals surface area contributed by atoms with Gasteiger partial charge >= 0.3 is 0 Å². The normalized spacial score (nSPS) is 30.3. The van der Waals surface area contributed by atoms with Crippen molar-refractivity contribution in [3.63, 3.8) is 0 Å². The first-order chi connectivity index (χ1) is 9.33. The van der Waals surface area contributed by atoms with Crippen LogP contribution in [0.5, 0.6) is 0 Å². The van der Waals surface area contributed by atoms with E-state index in [-0.39, 0.29) is 6.10 Å². The summed E-state index contributed by atoms with van der Waals surface area (Å²) < 4.78 is 0. The third-order valence-electron chi connectivity index (χ3n) is 4.83. The van der Waals surface area contributed by atoms with Crippen LogP contribution in [0.2, 0.25) is 0 Å². The lowest BCUT2D eigenvalue weighted by Crippen LogP contribution is -2.28. The minimum atomic E-state index is -0.0396. The van der Waals surface area contributed by atoms with Gasteiger partial charge < -0.3 is 10.4 Å². The maximum atomic E-state index is 9.55. The molecule has 104 valence electrons. The van der Waals surface area contributed by atoms with E-state index in [1.165, 1.54) is 25.7 Å². The van der Waals surface area contributed by atoms with Crippen LogP contribution in [-0.4, -0.2) is 24.3 Å². The van der Waals surface area contributed by atoms with Gasteiger partial charge in [-0.2, -0.15) is 0 Å². The molecule has 0 amide bonds. The highest BCUT2D eigenvalue weighted by atomic mass is 16.3. The van der Waals surface area contributed by atoms with Crippen molar-refractivity contribution < 1.29 is 5.11 Å². The summed E-state index contributed by atoms with van der Waals surface area (Å²) in [7, 11) is 0. The lowest BCUT2D eigenvalue weighted by atomic mass is 9.83. The summed E-state index contributed by atoms with van der Waals surface area (Å²) in [6.07, 6.45) is 7.04. The zero-order valence-corrected chi connectivity index (χ0v) is 11.6. The van der Waals surface area contributed by atoms with Gasteiger partial charge in [0.15, 0.2) is 0 Å². The second-order valence-corrected chi connectivity index (χ2v) is 6.28. The van der Waals surface area contributed by atoms with Crippen LogP contribution in [0.15, 0.2) is 24.3 Å². The smallest absolute Gasteiger partial charge is 0.0543 e. The zero-order valence-electron chi connectivity index (χ0n) is 11.6. The van der Waals surface area contributed by atoms with Crippen molar-refractivity contribution in [1.29, 1.82) is 0 Å². The van der Waals surface area contributed by atoms with Crippen LogP contribution in [0.25, 0.3) is 0 Å².